The summed E-state index contributed by atoms with van der Waals surface area (Å²) in [6, 6.07) is 0. The van der Waals surface area contributed by atoms with Crippen LogP contribution in [0.15, 0.2) is 0 Å². The van der Waals surface area contributed by atoms with Crippen molar-refractivity contribution in [3.05, 3.63) is 0 Å². The fourth-order valence-electron chi connectivity index (χ4n) is 0. The van der Waals surface area contributed by atoms with Gasteiger partial charge in [0, 0.05) is 0 Å². The smallest absolute Gasteiger partial charge is 2.00 e. The monoisotopic (exact) mass is 438 g/mol. The van der Waals surface area contributed by atoms with Gasteiger partial charge in [0.2, 0.25) is 0 Å². The molecule has 0 aliphatic rings. The molecule has 0 amide bonds. The van der Waals surface area contributed by atoms with Gasteiger partial charge in [0.25, 0.3) is 0 Å². The Morgan fingerprint density at radius 1 is 0.273 bits per heavy atom. The average Bonchev–Trinajstić information content (AvgIpc) is 0. The Hall–Kier alpha value is 2.37. The zero-order chi connectivity index (χ0) is 0. The molecular weight excluding hydrogens is 426 g/mol. The van der Waals surface area contributed by atoms with Gasteiger partial charge in [-0.15, -0.1) is 0 Å². The Morgan fingerprint density at radius 3 is 0.273 bits per heavy atom. The van der Waals surface area contributed by atoms with Gasteiger partial charge < -0.3 is 49.3 Å². The summed E-state index contributed by atoms with van der Waals surface area (Å²) in [5, 5.41) is 0. The van der Waals surface area contributed by atoms with Crippen molar-refractivity contribution in [2.24, 2.45) is 0 Å². The van der Waals surface area contributed by atoms with Gasteiger partial charge in [-0.05, 0) is 0 Å². The first kappa shape index (κ1) is 365. The van der Waals surface area contributed by atoms with E-state index in [2.05, 4.69) is 0 Å². The minimum Gasteiger partial charge on any atom is -2.00 e. The molecule has 12 N–H and O–H groups in total. The van der Waals surface area contributed by atoms with Gasteiger partial charge in [0.15, 0.2) is 0 Å². The molecule has 0 atom stereocenters. The maximum Gasteiger partial charge on any atom is 3.00 e. The first-order chi connectivity index (χ1) is 0. The summed E-state index contributed by atoms with van der Waals surface area (Å²) in [4.78, 5) is 0. The maximum absolute atomic E-state index is 0. The van der Waals surface area contributed by atoms with Crippen molar-refractivity contribution in [2.75, 3.05) is 0 Å². The first-order valence-corrected chi connectivity index (χ1v) is 0. The molecule has 0 heterocycles. The van der Waals surface area contributed by atoms with E-state index >= 15 is 0 Å². The van der Waals surface area contributed by atoms with Crippen LogP contribution in [0.2, 0.25) is 0 Å². The average molecular weight is 438 g/mol. The standard InChI is InChI=1S/6H2O.3O.2Pr/h6*1H2;;;;;/q;;;;;;3*-2;2*+3. The molecular formula is H12O9Pr2. The summed E-state index contributed by atoms with van der Waals surface area (Å²) < 4.78 is 0. The molecule has 0 spiro atoms. The molecule has 11 heavy (non-hydrogen) atoms. The predicted octanol–water partition coefficient (Wildman–Crippen LogP) is -5.30. The van der Waals surface area contributed by atoms with Crippen molar-refractivity contribution in [1.29, 1.82) is 0 Å². The summed E-state index contributed by atoms with van der Waals surface area (Å²) in [7, 11) is 0. The summed E-state index contributed by atoms with van der Waals surface area (Å²) >= 11 is 0. The third-order valence-electron chi connectivity index (χ3n) is 0. The van der Waals surface area contributed by atoms with Crippen molar-refractivity contribution < 1.29 is 132 Å². The van der Waals surface area contributed by atoms with E-state index in [9.17, 15) is 0 Å². The third kappa shape index (κ3) is 237. The van der Waals surface area contributed by atoms with Gasteiger partial charge in [-0.1, -0.05) is 0 Å². The molecule has 0 fully saturated rings. The van der Waals surface area contributed by atoms with Gasteiger partial charge in [0.1, 0.15) is 0 Å². The molecule has 11 heteroatoms. The molecule has 0 radical (unpaired) electrons. The zero-order valence-corrected chi connectivity index (χ0v) is 12.8. The van der Waals surface area contributed by atoms with E-state index in [1.54, 1.807) is 0 Å². The van der Waals surface area contributed by atoms with E-state index in [1.807, 2.05) is 0 Å². The molecule has 0 unspecified atom stereocenters. The summed E-state index contributed by atoms with van der Waals surface area (Å²) in [5.41, 5.74) is 0. The molecule has 0 aliphatic heterocycles. The van der Waals surface area contributed by atoms with Gasteiger partial charge in [-0.25, -0.2) is 0 Å². The number of hydrogen-bond acceptors (Lipinski definition) is 0. The third-order valence-corrected chi connectivity index (χ3v) is 0. The van der Waals surface area contributed by atoms with E-state index in [4.69, 9.17) is 0 Å². The second-order valence-electron chi connectivity index (χ2n) is 0. The van der Waals surface area contributed by atoms with E-state index in [1.165, 1.54) is 0 Å². The summed E-state index contributed by atoms with van der Waals surface area (Å²) in [5.74, 6) is 0. The second-order valence-corrected chi connectivity index (χ2v) is 0. The Morgan fingerprint density at radius 2 is 0.273 bits per heavy atom. The summed E-state index contributed by atoms with van der Waals surface area (Å²) in [6.45, 7) is 0. The van der Waals surface area contributed by atoms with Crippen LogP contribution < -0.4 is 0 Å². The predicted molar refractivity (Wildman–Crippen MR) is 23.7 cm³/mol. The number of hydrogen-bond donors (Lipinski definition) is 0. The van der Waals surface area contributed by atoms with Crippen molar-refractivity contribution in [1.82, 2.24) is 0 Å². The molecule has 0 aromatic carbocycles. The van der Waals surface area contributed by atoms with Crippen LogP contribution in [0.5, 0.6) is 0 Å². The van der Waals surface area contributed by atoms with E-state index in [-0.39, 0.29) is 132 Å². The van der Waals surface area contributed by atoms with E-state index in [0.29, 0.717) is 0 Å². The molecule has 0 aromatic rings. The van der Waals surface area contributed by atoms with Crippen LogP contribution in [0.1, 0.15) is 0 Å². The van der Waals surface area contributed by atoms with Crippen molar-refractivity contribution in [3.8, 4) is 0 Å². The van der Waals surface area contributed by atoms with Crippen LogP contribution in [0.3, 0.4) is 0 Å². The minimum absolute atomic E-state index is 0. The Labute approximate surface area is 130 Å². The Bertz CT molecular complexity index is 7.52. The maximum atomic E-state index is 0. The fraction of sp³-hybridized carbons (Fsp3) is 0. The second kappa shape index (κ2) is 285. The van der Waals surface area contributed by atoms with Crippen LogP contribution in [-0.2, 0) is 16.4 Å². The van der Waals surface area contributed by atoms with Gasteiger partial charge in [-0.3, -0.25) is 0 Å². The number of rotatable bonds is 0. The van der Waals surface area contributed by atoms with Crippen LogP contribution in [-0.4, -0.2) is 32.9 Å². The normalized spacial score (nSPS) is 0. The minimum atomic E-state index is 0. The van der Waals surface area contributed by atoms with Crippen LogP contribution in [0, 0.1) is 82.6 Å². The van der Waals surface area contributed by atoms with Crippen LogP contribution >= 0.6 is 0 Å². The quantitative estimate of drug-likeness (QED) is 0.343. The fourth-order valence-corrected chi connectivity index (χ4v) is 0. The molecule has 0 saturated heterocycles. The first-order valence-electron chi connectivity index (χ1n) is 0. The molecule has 0 saturated carbocycles. The van der Waals surface area contributed by atoms with Crippen molar-refractivity contribution in [2.45, 2.75) is 0 Å². The van der Waals surface area contributed by atoms with Crippen molar-refractivity contribution >= 4 is 0 Å². The van der Waals surface area contributed by atoms with Gasteiger partial charge in [0.05, 0.1) is 0 Å². The zero-order valence-electron chi connectivity index (χ0n) is 5.38. The molecule has 9 nitrogen and oxygen atoms in total. The van der Waals surface area contributed by atoms with E-state index < -0.39 is 0 Å². The van der Waals surface area contributed by atoms with Gasteiger partial charge in [-0.2, -0.15) is 0 Å². The molecule has 0 aliphatic carbocycles. The summed E-state index contributed by atoms with van der Waals surface area (Å²) in [6.07, 6.45) is 0. The molecule has 0 bridgehead atoms. The van der Waals surface area contributed by atoms with E-state index in [0.717, 1.165) is 0 Å². The largest absolute Gasteiger partial charge is 3.00 e. The van der Waals surface area contributed by atoms with Crippen molar-refractivity contribution in [3.63, 3.8) is 0 Å². The van der Waals surface area contributed by atoms with Gasteiger partial charge >= 0.3 is 82.6 Å². The van der Waals surface area contributed by atoms with Crippen LogP contribution in [0.4, 0.5) is 0 Å². The Kier molecular flexibility index (Phi) is 9460. The topological polar surface area (TPSA) is 274 Å². The molecule has 0 aromatic heterocycles. The Balaban J connectivity index is 0. The SMILES string of the molecule is O.O.O.O.O.O.[O-2].[O-2].[O-2].[Pr+3].[Pr+3]. The van der Waals surface area contributed by atoms with Crippen LogP contribution in [0.25, 0.3) is 0 Å². The molecule has 72 valence electrons. The molecule has 0 rings (SSSR count).